The van der Waals surface area contributed by atoms with Crippen LogP contribution in [0.15, 0.2) is 41.9 Å². The summed E-state index contributed by atoms with van der Waals surface area (Å²) in [6.07, 6.45) is 1.69. The molecule has 168 valence electrons. The van der Waals surface area contributed by atoms with Gasteiger partial charge in [-0.05, 0) is 0 Å². The van der Waals surface area contributed by atoms with Crippen LogP contribution in [0.4, 0.5) is 0 Å². The van der Waals surface area contributed by atoms with E-state index in [2.05, 4.69) is 20.3 Å². The Hall–Kier alpha value is -3.24. The van der Waals surface area contributed by atoms with E-state index in [0.717, 1.165) is 30.2 Å². The topological polar surface area (TPSA) is 92.6 Å². The Kier molecular flexibility index (Phi) is 6.81. The fraction of sp³-hybridized carbons (Fsp3) is 0.364. The zero-order valence-corrected chi connectivity index (χ0v) is 19.0. The molecule has 0 spiro atoms. The van der Waals surface area contributed by atoms with E-state index in [1.54, 1.807) is 23.3 Å². The maximum Gasteiger partial charge on any atom is 0.270 e. The number of aromatic nitrogens is 3. The van der Waals surface area contributed by atoms with Gasteiger partial charge in [-0.15, -0.1) is 16.4 Å². The molecule has 1 aliphatic heterocycles. The van der Waals surface area contributed by atoms with Gasteiger partial charge in [0.1, 0.15) is 16.3 Å². The Labute approximate surface area is 190 Å². The van der Waals surface area contributed by atoms with Gasteiger partial charge >= 0.3 is 0 Å². The van der Waals surface area contributed by atoms with Crippen molar-refractivity contribution in [2.75, 3.05) is 46.4 Å². The van der Waals surface area contributed by atoms with Crippen LogP contribution in [-0.2, 0) is 7.05 Å². The largest absolute Gasteiger partial charge is 0.479 e. The number of piperazine rings is 1. The second kappa shape index (κ2) is 9.92. The van der Waals surface area contributed by atoms with Crippen molar-refractivity contribution in [3.05, 3.63) is 53.2 Å². The molecule has 3 aromatic rings. The Morgan fingerprint density at radius 1 is 1.16 bits per heavy atom. The minimum Gasteiger partial charge on any atom is -0.479 e. The third-order valence-electron chi connectivity index (χ3n) is 5.35. The Bertz CT molecular complexity index is 1070. The molecule has 9 nitrogen and oxygen atoms in total. The molecule has 4 rings (SSSR count). The predicted molar refractivity (Wildman–Crippen MR) is 122 cm³/mol. The summed E-state index contributed by atoms with van der Waals surface area (Å²) < 4.78 is 6.78. The van der Waals surface area contributed by atoms with E-state index in [1.165, 1.54) is 18.4 Å². The Morgan fingerprint density at radius 3 is 2.62 bits per heavy atom. The molecule has 0 radical (unpaired) electrons. The van der Waals surface area contributed by atoms with Crippen LogP contribution < -0.4 is 10.1 Å². The van der Waals surface area contributed by atoms with E-state index in [4.69, 9.17) is 4.74 Å². The number of methoxy groups -OCH3 is 1. The number of amides is 2. The molecule has 3 heterocycles. The first kappa shape index (κ1) is 22.0. The molecular formula is C22H26N6O3S. The van der Waals surface area contributed by atoms with Crippen molar-refractivity contribution in [3.8, 4) is 16.5 Å². The molecule has 1 aliphatic rings. The molecule has 0 bridgehead atoms. The van der Waals surface area contributed by atoms with Gasteiger partial charge in [0.2, 0.25) is 5.88 Å². The minimum atomic E-state index is -0.166. The summed E-state index contributed by atoms with van der Waals surface area (Å²) in [5.74, 6) is 0.113. The number of nitrogens with one attached hydrogen (secondary N) is 1. The van der Waals surface area contributed by atoms with Crippen molar-refractivity contribution >= 4 is 23.2 Å². The molecule has 0 atom stereocenters. The zero-order chi connectivity index (χ0) is 22.5. The first-order valence-electron chi connectivity index (χ1n) is 10.4. The predicted octanol–water partition coefficient (Wildman–Crippen LogP) is 1.74. The summed E-state index contributed by atoms with van der Waals surface area (Å²) in [7, 11) is 3.28. The molecule has 0 saturated carbocycles. The van der Waals surface area contributed by atoms with Crippen LogP contribution in [0, 0.1) is 0 Å². The lowest BCUT2D eigenvalue weighted by Crippen LogP contribution is -2.50. The van der Waals surface area contributed by atoms with Crippen LogP contribution in [0.5, 0.6) is 5.88 Å². The lowest BCUT2D eigenvalue weighted by molar-refractivity contribution is 0.0634. The number of hydrogen-bond acceptors (Lipinski definition) is 7. The fourth-order valence-electron chi connectivity index (χ4n) is 3.62. The number of nitrogens with zero attached hydrogens (tertiary/aromatic N) is 5. The highest BCUT2D eigenvalue weighted by Crippen LogP contribution is 2.23. The molecule has 0 unspecified atom stereocenters. The van der Waals surface area contributed by atoms with Crippen molar-refractivity contribution in [1.29, 1.82) is 0 Å². The lowest BCUT2D eigenvalue weighted by atomic mass is 10.2. The van der Waals surface area contributed by atoms with E-state index in [-0.39, 0.29) is 11.8 Å². The maximum atomic E-state index is 12.8. The second-order valence-electron chi connectivity index (χ2n) is 7.52. The van der Waals surface area contributed by atoms with E-state index in [0.29, 0.717) is 36.8 Å². The number of benzene rings is 1. The summed E-state index contributed by atoms with van der Waals surface area (Å²) in [4.78, 5) is 33.7. The van der Waals surface area contributed by atoms with Gasteiger partial charge in [0.25, 0.3) is 11.8 Å². The first-order chi connectivity index (χ1) is 15.5. The van der Waals surface area contributed by atoms with Crippen molar-refractivity contribution in [3.63, 3.8) is 0 Å². The van der Waals surface area contributed by atoms with E-state index in [1.807, 2.05) is 35.2 Å². The summed E-state index contributed by atoms with van der Waals surface area (Å²) in [6.45, 7) is 3.99. The third kappa shape index (κ3) is 4.97. The average molecular weight is 455 g/mol. The monoisotopic (exact) mass is 454 g/mol. The normalized spacial score (nSPS) is 14.4. The second-order valence-corrected chi connectivity index (χ2v) is 8.38. The van der Waals surface area contributed by atoms with Crippen molar-refractivity contribution < 1.29 is 14.3 Å². The Morgan fingerprint density at radius 2 is 1.91 bits per heavy atom. The summed E-state index contributed by atoms with van der Waals surface area (Å²) in [5.41, 5.74) is 1.93. The van der Waals surface area contributed by atoms with E-state index >= 15 is 0 Å². The lowest BCUT2D eigenvalue weighted by Gasteiger charge is -2.34. The smallest absolute Gasteiger partial charge is 0.270 e. The SMILES string of the molecule is COc1nn(C)cc1C(=O)N1CCN(CCNC(=O)c2csc(-c3ccccc3)n2)CC1. The number of aryl methyl sites for hydroxylation is 1. The van der Waals surface area contributed by atoms with Crippen LogP contribution >= 0.6 is 11.3 Å². The van der Waals surface area contributed by atoms with Crippen molar-refractivity contribution in [2.45, 2.75) is 0 Å². The molecule has 1 N–H and O–H groups in total. The number of ether oxygens (including phenoxy) is 1. The molecule has 2 amide bonds. The molecule has 1 saturated heterocycles. The third-order valence-corrected chi connectivity index (χ3v) is 6.24. The number of carbonyl (C=O) groups is 2. The minimum absolute atomic E-state index is 0.0688. The Balaban J connectivity index is 1.22. The standard InChI is InChI=1S/C22H26N6O3S/c1-26-14-17(20(25-26)31-2)22(30)28-12-10-27(11-13-28)9-8-23-19(29)18-15-32-21(24-18)16-6-4-3-5-7-16/h3-7,14-15H,8-13H2,1-2H3,(H,23,29). The van der Waals surface area contributed by atoms with Gasteiger partial charge in [-0.25, -0.2) is 4.98 Å². The molecule has 1 fully saturated rings. The average Bonchev–Trinajstić information content (AvgIpc) is 3.46. The van der Waals surface area contributed by atoms with Crippen LogP contribution in [-0.4, -0.2) is 82.8 Å². The molecule has 10 heteroatoms. The molecular weight excluding hydrogens is 428 g/mol. The summed E-state index contributed by atoms with van der Waals surface area (Å²) >= 11 is 1.46. The highest BCUT2D eigenvalue weighted by molar-refractivity contribution is 7.13. The van der Waals surface area contributed by atoms with Gasteiger partial charge in [0, 0.05) is 63.5 Å². The van der Waals surface area contributed by atoms with Gasteiger partial charge in [0.05, 0.1) is 7.11 Å². The first-order valence-corrected chi connectivity index (χ1v) is 11.3. The molecule has 32 heavy (non-hydrogen) atoms. The molecule has 2 aromatic heterocycles. The van der Waals surface area contributed by atoms with Gasteiger partial charge in [-0.1, -0.05) is 30.3 Å². The highest BCUT2D eigenvalue weighted by Gasteiger charge is 2.26. The van der Waals surface area contributed by atoms with Gasteiger partial charge in [0.15, 0.2) is 0 Å². The van der Waals surface area contributed by atoms with E-state index in [9.17, 15) is 9.59 Å². The number of rotatable bonds is 7. The zero-order valence-electron chi connectivity index (χ0n) is 18.2. The molecule has 1 aromatic carbocycles. The van der Waals surface area contributed by atoms with Crippen molar-refractivity contribution in [1.82, 2.24) is 29.9 Å². The quantitative estimate of drug-likeness (QED) is 0.585. The van der Waals surface area contributed by atoms with Crippen LogP contribution in [0.1, 0.15) is 20.8 Å². The maximum absolute atomic E-state index is 12.8. The fourth-order valence-corrected chi connectivity index (χ4v) is 4.43. The van der Waals surface area contributed by atoms with E-state index < -0.39 is 0 Å². The molecule has 0 aliphatic carbocycles. The number of hydrogen-bond donors (Lipinski definition) is 1. The van der Waals surface area contributed by atoms with Crippen molar-refractivity contribution in [2.24, 2.45) is 7.05 Å². The van der Waals surface area contributed by atoms with Gasteiger partial charge in [-0.3, -0.25) is 19.2 Å². The number of carbonyl (C=O) groups excluding carboxylic acids is 2. The van der Waals surface area contributed by atoms with Gasteiger partial charge in [-0.2, -0.15) is 0 Å². The van der Waals surface area contributed by atoms with Crippen LogP contribution in [0.25, 0.3) is 10.6 Å². The van der Waals surface area contributed by atoms with Gasteiger partial charge < -0.3 is 15.0 Å². The van der Waals surface area contributed by atoms with Crippen LogP contribution in [0.3, 0.4) is 0 Å². The highest BCUT2D eigenvalue weighted by atomic mass is 32.1. The summed E-state index contributed by atoms with van der Waals surface area (Å²) in [5, 5.41) is 9.72. The van der Waals surface area contributed by atoms with Crippen LogP contribution in [0.2, 0.25) is 0 Å². The summed E-state index contributed by atoms with van der Waals surface area (Å²) in [6, 6.07) is 9.83. The number of thiazole rings is 1.